The molecule has 4 atom stereocenters. The van der Waals surface area contributed by atoms with E-state index in [1.54, 1.807) is 11.8 Å². The Labute approximate surface area is 159 Å². The zero-order valence-electron chi connectivity index (χ0n) is 14.7. The molecule has 1 aromatic rings. The lowest BCUT2D eigenvalue weighted by Gasteiger charge is -2.38. The van der Waals surface area contributed by atoms with E-state index in [0.29, 0.717) is 18.5 Å². The fourth-order valence-electron chi connectivity index (χ4n) is 3.60. The second kappa shape index (κ2) is 8.51. The van der Waals surface area contributed by atoms with E-state index in [0.717, 1.165) is 12.8 Å². The molecule has 0 saturated carbocycles. The molecule has 3 amide bonds. The molecular weight excluding hydrogens is 356 g/mol. The summed E-state index contributed by atoms with van der Waals surface area (Å²) in [4.78, 5) is 38.9. The second-order valence-corrected chi connectivity index (χ2v) is 6.77. The summed E-state index contributed by atoms with van der Waals surface area (Å²) in [6.45, 7) is 1.58. The number of para-hydroxylation sites is 1. The van der Waals surface area contributed by atoms with Crippen molar-refractivity contribution >= 4 is 35.8 Å². The number of carbonyl (C=O) groups is 3. The lowest BCUT2D eigenvalue weighted by molar-refractivity contribution is -0.145. The topological polar surface area (TPSA) is 105 Å². The van der Waals surface area contributed by atoms with Crippen LogP contribution in [0.2, 0.25) is 0 Å². The molecule has 8 heteroatoms. The molecule has 2 fully saturated rings. The Kier molecular flexibility index (Phi) is 6.61. The van der Waals surface area contributed by atoms with Crippen LogP contribution in [-0.2, 0) is 14.4 Å². The first-order valence-corrected chi connectivity index (χ1v) is 8.71. The van der Waals surface area contributed by atoms with Crippen LogP contribution in [0.4, 0.5) is 5.69 Å². The molecular formula is C18H25ClN4O3. The number of rotatable bonds is 4. The number of hydrogen-bond donors (Lipinski definition) is 3. The van der Waals surface area contributed by atoms with Crippen molar-refractivity contribution < 1.29 is 14.4 Å². The first kappa shape index (κ1) is 20.2. The lowest BCUT2D eigenvalue weighted by Crippen LogP contribution is -2.59. The molecule has 2 saturated heterocycles. The van der Waals surface area contributed by atoms with Gasteiger partial charge < -0.3 is 21.3 Å². The van der Waals surface area contributed by atoms with Gasteiger partial charge in [0, 0.05) is 11.7 Å². The third-order valence-electron chi connectivity index (χ3n) is 4.92. The van der Waals surface area contributed by atoms with E-state index in [4.69, 9.17) is 5.73 Å². The Morgan fingerprint density at radius 2 is 1.81 bits per heavy atom. The molecule has 26 heavy (non-hydrogen) atoms. The Morgan fingerprint density at radius 1 is 1.15 bits per heavy atom. The van der Waals surface area contributed by atoms with Gasteiger partial charge in [0.05, 0.1) is 6.04 Å². The van der Waals surface area contributed by atoms with Crippen LogP contribution in [0.3, 0.4) is 0 Å². The second-order valence-electron chi connectivity index (χ2n) is 6.77. The minimum absolute atomic E-state index is 0. The van der Waals surface area contributed by atoms with Gasteiger partial charge in [-0.25, -0.2) is 0 Å². The number of amides is 3. The molecule has 1 unspecified atom stereocenters. The van der Waals surface area contributed by atoms with Gasteiger partial charge in [-0.05, 0) is 44.7 Å². The number of nitrogens with one attached hydrogen (secondary N) is 2. The zero-order valence-corrected chi connectivity index (χ0v) is 15.5. The number of carbonyl (C=O) groups excluding carboxylic acids is 3. The summed E-state index contributed by atoms with van der Waals surface area (Å²) in [5, 5.41) is 5.57. The summed E-state index contributed by atoms with van der Waals surface area (Å²) in [6, 6.07) is 7.51. The van der Waals surface area contributed by atoms with Gasteiger partial charge in [0.25, 0.3) is 0 Å². The predicted molar refractivity (Wildman–Crippen MR) is 101 cm³/mol. The van der Waals surface area contributed by atoms with Crippen LogP contribution in [0.15, 0.2) is 30.3 Å². The molecule has 2 aliphatic rings. The molecule has 0 spiro atoms. The van der Waals surface area contributed by atoms with E-state index >= 15 is 0 Å². The van der Waals surface area contributed by atoms with Crippen LogP contribution in [0.25, 0.3) is 0 Å². The highest BCUT2D eigenvalue weighted by molar-refractivity contribution is 5.99. The maximum atomic E-state index is 12.8. The molecule has 4 N–H and O–H groups in total. The Morgan fingerprint density at radius 3 is 2.46 bits per heavy atom. The highest BCUT2D eigenvalue weighted by Gasteiger charge is 2.46. The number of anilines is 1. The molecule has 2 aliphatic heterocycles. The maximum Gasteiger partial charge on any atom is 0.247 e. The average Bonchev–Trinajstić information content (AvgIpc) is 3.03. The molecule has 1 aromatic carbocycles. The standard InChI is InChI=1S/C18H24N4O3.ClH/c1-11(19)16(23)21-14-9-7-13-8-10-15(22(13)18(14)25)17(24)20-12-5-3-2-4-6-12;/h2-6,11,13-15H,7-10,19H2,1H3,(H,20,24)(H,21,23);1H/t11-,13-,14?,15-;/m0./s1. The molecule has 0 bridgehead atoms. The van der Waals surface area contributed by atoms with Gasteiger partial charge in [0.15, 0.2) is 0 Å². The van der Waals surface area contributed by atoms with Gasteiger partial charge >= 0.3 is 0 Å². The predicted octanol–water partition coefficient (Wildman–Crippen LogP) is 1.03. The van der Waals surface area contributed by atoms with Gasteiger partial charge in [0.1, 0.15) is 12.1 Å². The maximum absolute atomic E-state index is 12.8. The number of nitrogens with two attached hydrogens (primary N) is 1. The van der Waals surface area contributed by atoms with E-state index < -0.39 is 18.1 Å². The molecule has 3 rings (SSSR count). The number of benzene rings is 1. The van der Waals surface area contributed by atoms with Gasteiger partial charge in [-0.2, -0.15) is 0 Å². The highest BCUT2D eigenvalue weighted by atomic mass is 35.5. The van der Waals surface area contributed by atoms with Crippen molar-refractivity contribution in [1.82, 2.24) is 10.2 Å². The summed E-state index contributed by atoms with van der Waals surface area (Å²) in [5.74, 6) is -0.710. The van der Waals surface area contributed by atoms with Gasteiger partial charge in [-0.3, -0.25) is 14.4 Å². The van der Waals surface area contributed by atoms with Crippen LogP contribution in [0.5, 0.6) is 0 Å². The molecule has 142 valence electrons. The van der Waals surface area contributed by atoms with Gasteiger partial charge in [0.2, 0.25) is 17.7 Å². The minimum atomic E-state index is -0.665. The fraction of sp³-hybridized carbons (Fsp3) is 0.500. The number of halogens is 1. The summed E-state index contributed by atoms with van der Waals surface area (Å²) in [6.07, 6.45) is 2.83. The number of piperidine rings is 1. The molecule has 2 heterocycles. The van der Waals surface area contributed by atoms with Crippen molar-refractivity contribution in [3.8, 4) is 0 Å². The average molecular weight is 381 g/mol. The highest BCUT2D eigenvalue weighted by Crippen LogP contribution is 2.33. The van der Waals surface area contributed by atoms with Gasteiger partial charge in [-0.15, -0.1) is 12.4 Å². The van der Waals surface area contributed by atoms with E-state index in [-0.39, 0.29) is 36.2 Å². The monoisotopic (exact) mass is 380 g/mol. The third-order valence-corrected chi connectivity index (χ3v) is 4.92. The van der Waals surface area contributed by atoms with Gasteiger partial charge in [-0.1, -0.05) is 18.2 Å². The molecule has 7 nitrogen and oxygen atoms in total. The number of hydrogen-bond acceptors (Lipinski definition) is 4. The Bertz CT molecular complexity index is 668. The lowest BCUT2D eigenvalue weighted by atomic mass is 9.97. The van der Waals surface area contributed by atoms with Crippen LogP contribution < -0.4 is 16.4 Å². The van der Waals surface area contributed by atoms with E-state index in [1.165, 1.54) is 0 Å². The van der Waals surface area contributed by atoms with E-state index in [1.807, 2.05) is 30.3 Å². The van der Waals surface area contributed by atoms with Crippen molar-refractivity contribution in [3.05, 3.63) is 30.3 Å². The summed E-state index contributed by atoms with van der Waals surface area (Å²) in [5.41, 5.74) is 6.28. The summed E-state index contributed by atoms with van der Waals surface area (Å²) < 4.78 is 0. The van der Waals surface area contributed by atoms with Crippen molar-refractivity contribution in [2.45, 2.75) is 56.8 Å². The van der Waals surface area contributed by atoms with Crippen molar-refractivity contribution in [2.75, 3.05) is 5.32 Å². The molecule has 0 aromatic heterocycles. The van der Waals surface area contributed by atoms with Crippen LogP contribution in [-0.4, -0.2) is 46.8 Å². The fourth-order valence-corrected chi connectivity index (χ4v) is 3.60. The van der Waals surface area contributed by atoms with Crippen LogP contribution in [0.1, 0.15) is 32.6 Å². The first-order chi connectivity index (χ1) is 12.0. The molecule has 0 aliphatic carbocycles. The smallest absolute Gasteiger partial charge is 0.247 e. The van der Waals surface area contributed by atoms with E-state index in [9.17, 15) is 14.4 Å². The largest absolute Gasteiger partial charge is 0.343 e. The van der Waals surface area contributed by atoms with Crippen LogP contribution >= 0.6 is 12.4 Å². The number of nitrogens with zero attached hydrogens (tertiary/aromatic N) is 1. The van der Waals surface area contributed by atoms with Crippen LogP contribution in [0, 0.1) is 0 Å². The van der Waals surface area contributed by atoms with E-state index in [2.05, 4.69) is 10.6 Å². The third kappa shape index (κ3) is 4.16. The molecule has 0 radical (unpaired) electrons. The number of fused-ring (bicyclic) bond motifs is 1. The summed E-state index contributed by atoms with van der Waals surface area (Å²) in [7, 11) is 0. The Balaban J connectivity index is 0.00000243. The Hall–Kier alpha value is -2.12. The quantitative estimate of drug-likeness (QED) is 0.725. The SMILES string of the molecule is C[C@H](N)C(=O)NC1CC[C@H]2CC[C@@H](C(=O)Nc3ccccc3)N2C1=O.Cl. The van der Waals surface area contributed by atoms with Crippen molar-refractivity contribution in [2.24, 2.45) is 5.73 Å². The minimum Gasteiger partial charge on any atom is -0.343 e. The zero-order chi connectivity index (χ0) is 18.0. The summed E-state index contributed by atoms with van der Waals surface area (Å²) >= 11 is 0. The normalized spacial score (nSPS) is 25.7. The van der Waals surface area contributed by atoms with Crippen molar-refractivity contribution in [1.29, 1.82) is 0 Å². The first-order valence-electron chi connectivity index (χ1n) is 8.71. The van der Waals surface area contributed by atoms with Crippen molar-refractivity contribution in [3.63, 3.8) is 0 Å².